The molecule has 9 unspecified atom stereocenters. The molecule has 2 saturated carbocycles. The fraction of sp³-hybridized carbons (Fsp3) is 0.758. The van der Waals surface area contributed by atoms with E-state index < -0.39 is 12.2 Å². The Morgan fingerprint density at radius 3 is 2.46 bits per heavy atom. The van der Waals surface area contributed by atoms with Crippen molar-refractivity contribution in [2.75, 3.05) is 14.2 Å². The quantitative estimate of drug-likeness (QED) is 0.259. The summed E-state index contributed by atoms with van der Waals surface area (Å²) in [6.07, 6.45) is 4.98. The van der Waals surface area contributed by atoms with E-state index in [1.165, 1.54) is 12.8 Å². The molecule has 2 aliphatic rings. The lowest BCUT2D eigenvalue weighted by atomic mass is 9.58. The van der Waals surface area contributed by atoms with Gasteiger partial charge in [0, 0.05) is 12.5 Å². The number of nitrogens with one attached hydrogen (secondary N) is 1. The summed E-state index contributed by atoms with van der Waals surface area (Å²) < 4.78 is 16.7. The molecule has 232 valence electrons. The number of esters is 1. The van der Waals surface area contributed by atoms with Crippen LogP contribution in [0.15, 0.2) is 18.2 Å². The molecule has 2 aliphatic carbocycles. The number of methoxy groups -OCH3 is 2. The predicted octanol–water partition coefficient (Wildman–Crippen LogP) is 5.27. The number of amides is 1. The van der Waals surface area contributed by atoms with Crippen molar-refractivity contribution in [3.05, 3.63) is 23.8 Å². The summed E-state index contributed by atoms with van der Waals surface area (Å²) in [5, 5.41) is 24.2. The fourth-order valence-electron chi connectivity index (χ4n) is 7.05. The summed E-state index contributed by atoms with van der Waals surface area (Å²) in [6, 6.07) is 5.44. The molecule has 8 heteroatoms. The van der Waals surface area contributed by atoms with Crippen LogP contribution in [0.25, 0.3) is 0 Å². The molecule has 3 rings (SSSR count). The molecule has 1 aromatic rings. The lowest BCUT2D eigenvalue weighted by Crippen LogP contribution is -2.47. The van der Waals surface area contributed by atoms with Crippen molar-refractivity contribution in [3.63, 3.8) is 0 Å². The highest BCUT2D eigenvalue weighted by Crippen LogP contribution is 2.50. The molecule has 2 fully saturated rings. The van der Waals surface area contributed by atoms with E-state index in [9.17, 15) is 19.8 Å². The van der Waals surface area contributed by atoms with Crippen LogP contribution in [-0.2, 0) is 20.9 Å². The minimum absolute atomic E-state index is 0.0601. The summed E-state index contributed by atoms with van der Waals surface area (Å²) in [5.41, 5.74) is 0.857. The Morgan fingerprint density at radius 2 is 1.78 bits per heavy atom. The van der Waals surface area contributed by atoms with Gasteiger partial charge in [-0.15, -0.1) is 0 Å². The third kappa shape index (κ3) is 9.34. The third-order valence-corrected chi connectivity index (χ3v) is 9.55. The maximum Gasteiger partial charge on any atom is 0.308 e. The first-order chi connectivity index (χ1) is 19.6. The number of rotatable bonds is 14. The van der Waals surface area contributed by atoms with E-state index in [1.807, 2.05) is 19.9 Å². The number of ether oxygens (including phenoxy) is 3. The third-order valence-electron chi connectivity index (χ3n) is 9.55. The van der Waals surface area contributed by atoms with Gasteiger partial charge in [-0.05, 0) is 86.3 Å². The van der Waals surface area contributed by atoms with Crippen molar-refractivity contribution >= 4 is 11.9 Å². The summed E-state index contributed by atoms with van der Waals surface area (Å²) in [7, 11) is 3.13. The molecule has 0 bridgehead atoms. The molecule has 1 aromatic carbocycles. The van der Waals surface area contributed by atoms with Gasteiger partial charge >= 0.3 is 5.97 Å². The number of benzene rings is 1. The zero-order valence-electron chi connectivity index (χ0n) is 25.9. The van der Waals surface area contributed by atoms with Gasteiger partial charge in [0.1, 0.15) is 6.10 Å². The van der Waals surface area contributed by atoms with Gasteiger partial charge in [0.05, 0.1) is 38.8 Å². The lowest BCUT2D eigenvalue weighted by Gasteiger charge is -2.50. The molecule has 0 heterocycles. The first-order valence-electron chi connectivity index (χ1n) is 15.6. The topological polar surface area (TPSA) is 114 Å². The molecule has 9 atom stereocenters. The van der Waals surface area contributed by atoms with E-state index in [-0.39, 0.29) is 36.7 Å². The number of carbonyl (C=O) groups excluding carboxylic acids is 2. The molecular formula is C33H53NO7. The van der Waals surface area contributed by atoms with Crippen LogP contribution in [0.3, 0.4) is 0 Å². The van der Waals surface area contributed by atoms with Gasteiger partial charge in [-0.2, -0.15) is 0 Å². The Balaban J connectivity index is 1.50. The molecule has 0 aliphatic heterocycles. The molecule has 0 saturated heterocycles. The number of fused-ring (bicyclic) bond motifs is 1. The van der Waals surface area contributed by atoms with Crippen molar-refractivity contribution in [3.8, 4) is 11.5 Å². The Bertz CT molecular complexity index is 984. The summed E-state index contributed by atoms with van der Waals surface area (Å²) >= 11 is 0. The smallest absolute Gasteiger partial charge is 0.308 e. The monoisotopic (exact) mass is 575 g/mol. The highest BCUT2D eigenvalue weighted by atomic mass is 16.5. The zero-order chi connectivity index (χ0) is 30.1. The second-order valence-electron chi connectivity index (χ2n) is 12.7. The standard InChI is InChI=1S/C33H53NO7/c1-7-21(3)33(38)41-30-15-20(2)14-24-10-8-22(4)27(32(24)30)12-11-25(35)17-26(36)18-31(37)34-19-23-9-13-28(39-5)29(16-23)40-6/h9,13,16,20-22,24-27,30,32,35-36H,7-8,10-12,14-15,17-19H2,1-6H3,(H,34,37). The van der Waals surface area contributed by atoms with Gasteiger partial charge < -0.3 is 29.7 Å². The van der Waals surface area contributed by atoms with Crippen LogP contribution < -0.4 is 14.8 Å². The molecule has 0 radical (unpaired) electrons. The molecular weight excluding hydrogens is 522 g/mol. The van der Waals surface area contributed by atoms with Crippen molar-refractivity contribution in [1.29, 1.82) is 0 Å². The maximum absolute atomic E-state index is 12.7. The summed E-state index contributed by atoms with van der Waals surface area (Å²) in [5.74, 6) is 3.02. The van der Waals surface area contributed by atoms with Crippen LogP contribution in [-0.4, -0.2) is 54.6 Å². The maximum atomic E-state index is 12.7. The predicted molar refractivity (Wildman–Crippen MR) is 158 cm³/mol. The van der Waals surface area contributed by atoms with Gasteiger partial charge in [0.15, 0.2) is 11.5 Å². The van der Waals surface area contributed by atoms with E-state index in [2.05, 4.69) is 19.2 Å². The highest BCUT2D eigenvalue weighted by Gasteiger charge is 2.47. The Hall–Kier alpha value is -2.32. The van der Waals surface area contributed by atoms with Crippen LogP contribution >= 0.6 is 0 Å². The first kappa shape index (κ1) is 33.2. The second-order valence-corrected chi connectivity index (χ2v) is 12.7. The highest BCUT2D eigenvalue weighted by molar-refractivity contribution is 5.76. The van der Waals surface area contributed by atoms with E-state index in [1.54, 1.807) is 26.4 Å². The summed E-state index contributed by atoms with van der Waals surface area (Å²) in [4.78, 5) is 25.2. The van der Waals surface area contributed by atoms with Crippen molar-refractivity contribution in [2.45, 2.75) is 110 Å². The fourth-order valence-corrected chi connectivity index (χ4v) is 7.05. The van der Waals surface area contributed by atoms with Crippen LogP contribution in [0.1, 0.15) is 91.0 Å². The molecule has 3 N–H and O–H groups in total. The number of aliphatic hydroxyl groups excluding tert-OH is 2. The average Bonchev–Trinajstić information content (AvgIpc) is 2.94. The minimum Gasteiger partial charge on any atom is -0.493 e. The van der Waals surface area contributed by atoms with Gasteiger partial charge in [-0.3, -0.25) is 9.59 Å². The van der Waals surface area contributed by atoms with E-state index in [0.29, 0.717) is 54.1 Å². The average molecular weight is 576 g/mol. The Morgan fingerprint density at radius 1 is 1.05 bits per heavy atom. The van der Waals surface area contributed by atoms with Gasteiger partial charge in [-0.25, -0.2) is 0 Å². The van der Waals surface area contributed by atoms with Crippen LogP contribution in [0, 0.1) is 35.5 Å². The second kappa shape index (κ2) is 15.8. The van der Waals surface area contributed by atoms with Crippen molar-refractivity contribution in [1.82, 2.24) is 5.32 Å². The molecule has 41 heavy (non-hydrogen) atoms. The van der Waals surface area contributed by atoms with E-state index >= 15 is 0 Å². The van der Waals surface area contributed by atoms with Crippen LogP contribution in [0.2, 0.25) is 0 Å². The van der Waals surface area contributed by atoms with Crippen LogP contribution in [0.4, 0.5) is 0 Å². The number of hydrogen-bond acceptors (Lipinski definition) is 7. The molecule has 0 spiro atoms. The largest absolute Gasteiger partial charge is 0.493 e. The molecule has 8 nitrogen and oxygen atoms in total. The Kier molecular flexibility index (Phi) is 12.8. The number of aliphatic hydroxyl groups is 2. The molecule has 1 amide bonds. The number of hydrogen-bond donors (Lipinski definition) is 3. The van der Waals surface area contributed by atoms with Gasteiger partial charge in [-0.1, -0.05) is 40.2 Å². The number of carbonyl (C=O) groups is 2. The van der Waals surface area contributed by atoms with Gasteiger partial charge in [0.25, 0.3) is 0 Å². The van der Waals surface area contributed by atoms with Crippen LogP contribution in [0.5, 0.6) is 11.5 Å². The molecule has 0 aromatic heterocycles. The van der Waals surface area contributed by atoms with E-state index in [4.69, 9.17) is 14.2 Å². The lowest BCUT2D eigenvalue weighted by molar-refractivity contribution is -0.167. The normalized spacial score (nSPS) is 28.1. The summed E-state index contributed by atoms with van der Waals surface area (Å²) in [6.45, 7) is 8.81. The minimum atomic E-state index is -0.924. The van der Waals surface area contributed by atoms with Gasteiger partial charge in [0.2, 0.25) is 5.91 Å². The van der Waals surface area contributed by atoms with E-state index in [0.717, 1.165) is 31.2 Å². The Labute approximate surface area is 246 Å². The van der Waals surface area contributed by atoms with Crippen molar-refractivity contribution < 1.29 is 34.0 Å². The SMILES string of the molecule is CCC(C)C(=O)OC1CC(C)CC2CCC(C)C(CCC(O)CC(O)CC(=O)NCc3ccc(OC)c(OC)c3)C21. The van der Waals surface area contributed by atoms with Crippen molar-refractivity contribution in [2.24, 2.45) is 35.5 Å². The first-order valence-corrected chi connectivity index (χ1v) is 15.6. The zero-order valence-corrected chi connectivity index (χ0v) is 25.9.